The first-order chi connectivity index (χ1) is 6.83. The summed E-state index contributed by atoms with van der Waals surface area (Å²) in [6.07, 6.45) is 1.54. The van der Waals surface area contributed by atoms with Gasteiger partial charge in [0.25, 0.3) is 0 Å². The van der Waals surface area contributed by atoms with Crippen LogP contribution in [0.25, 0.3) is 5.69 Å². The van der Waals surface area contributed by atoms with Crippen LogP contribution in [0.2, 0.25) is 0 Å². The molecule has 0 spiro atoms. The summed E-state index contributed by atoms with van der Waals surface area (Å²) in [6, 6.07) is 9.46. The van der Waals surface area contributed by atoms with Crippen LogP contribution in [0.3, 0.4) is 0 Å². The molecule has 0 radical (unpaired) electrons. The number of hydrogen-bond acceptors (Lipinski definition) is 2. The minimum absolute atomic E-state index is 0.0984. The molecule has 0 saturated carbocycles. The van der Waals surface area contributed by atoms with Crippen molar-refractivity contribution >= 4 is 0 Å². The third kappa shape index (κ3) is 1.35. The largest absolute Gasteiger partial charge is 0.350 e. The van der Waals surface area contributed by atoms with E-state index < -0.39 is 0 Å². The molecular formula is C10H11N3O. The molecule has 0 saturated heterocycles. The fraction of sp³-hybridized carbons (Fsp3) is 0.200. The smallest absolute Gasteiger partial charge is 0.250 e. The minimum Gasteiger partial charge on any atom is -0.250 e. The van der Waals surface area contributed by atoms with Crippen molar-refractivity contribution in [1.29, 1.82) is 0 Å². The van der Waals surface area contributed by atoms with Crippen LogP contribution in [0.15, 0.2) is 41.5 Å². The normalized spacial score (nSPS) is 10.4. The Kier molecular flexibility index (Phi) is 2.18. The molecule has 0 aliphatic carbocycles. The second kappa shape index (κ2) is 3.49. The van der Waals surface area contributed by atoms with E-state index in [2.05, 4.69) is 5.10 Å². The van der Waals surface area contributed by atoms with E-state index in [1.54, 1.807) is 6.33 Å². The Hall–Kier alpha value is -1.84. The lowest BCUT2D eigenvalue weighted by atomic mass is 10.3. The van der Waals surface area contributed by atoms with Crippen molar-refractivity contribution in [2.24, 2.45) is 0 Å². The predicted octanol–water partition coefficient (Wildman–Crippen LogP) is 1.05. The molecule has 2 rings (SSSR count). The molecule has 0 aliphatic heterocycles. The summed E-state index contributed by atoms with van der Waals surface area (Å²) in [6.45, 7) is 2.49. The van der Waals surface area contributed by atoms with Crippen LogP contribution in [0.4, 0.5) is 0 Å². The van der Waals surface area contributed by atoms with Gasteiger partial charge in [0, 0.05) is 6.54 Å². The number of benzene rings is 1. The van der Waals surface area contributed by atoms with Crippen LogP contribution in [0, 0.1) is 0 Å². The van der Waals surface area contributed by atoms with Gasteiger partial charge in [0.1, 0.15) is 6.33 Å². The van der Waals surface area contributed by atoms with Crippen molar-refractivity contribution in [3.05, 3.63) is 47.1 Å². The highest BCUT2D eigenvalue weighted by molar-refractivity contribution is 5.30. The average Bonchev–Trinajstić information content (AvgIpc) is 2.61. The van der Waals surface area contributed by atoms with Crippen LogP contribution in [0.5, 0.6) is 0 Å². The van der Waals surface area contributed by atoms with Gasteiger partial charge in [-0.1, -0.05) is 18.2 Å². The molecule has 0 bridgehead atoms. The lowest BCUT2D eigenvalue weighted by Crippen LogP contribution is -2.22. The third-order valence-corrected chi connectivity index (χ3v) is 2.07. The van der Waals surface area contributed by atoms with Crippen LogP contribution in [-0.4, -0.2) is 14.3 Å². The Morgan fingerprint density at radius 1 is 1.29 bits per heavy atom. The molecule has 0 N–H and O–H groups in total. The predicted molar refractivity (Wildman–Crippen MR) is 53.5 cm³/mol. The first kappa shape index (κ1) is 8.74. The molecule has 4 heteroatoms. The maximum absolute atomic E-state index is 11.7. The molecule has 1 aromatic heterocycles. The summed E-state index contributed by atoms with van der Waals surface area (Å²) in [7, 11) is 0. The van der Waals surface area contributed by atoms with Crippen molar-refractivity contribution in [3.63, 3.8) is 0 Å². The molecule has 0 fully saturated rings. The zero-order chi connectivity index (χ0) is 9.97. The van der Waals surface area contributed by atoms with E-state index in [1.807, 2.05) is 37.3 Å². The highest BCUT2D eigenvalue weighted by atomic mass is 16.2. The lowest BCUT2D eigenvalue weighted by molar-refractivity contribution is 0.629. The van der Waals surface area contributed by atoms with Gasteiger partial charge in [-0.05, 0) is 19.1 Å². The molecule has 0 amide bonds. The highest BCUT2D eigenvalue weighted by Gasteiger charge is 2.03. The summed E-state index contributed by atoms with van der Waals surface area (Å²) in [5.74, 6) is 0. The Morgan fingerprint density at radius 3 is 2.57 bits per heavy atom. The summed E-state index contributed by atoms with van der Waals surface area (Å²) < 4.78 is 2.95. The van der Waals surface area contributed by atoms with Crippen LogP contribution in [-0.2, 0) is 6.54 Å². The Labute approximate surface area is 81.4 Å². The molecular weight excluding hydrogens is 178 g/mol. The lowest BCUT2D eigenvalue weighted by Gasteiger charge is -1.97. The van der Waals surface area contributed by atoms with Gasteiger partial charge in [-0.25, -0.2) is 14.0 Å². The van der Waals surface area contributed by atoms with E-state index in [0.29, 0.717) is 6.54 Å². The maximum atomic E-state index is 11.7. The van der Waals surface area contributed by atoms with Gasteiger partial charge in [0.05, 0.1) is 5.69 Å². The van der Waals surface area contributed by atoms with Gasteiger partial charge in [-0.2, -0.15) is 5.10 Å². The van der Waals surface area contributed by atoms with E-state index in [1.165, 1.54) is 9.25 Å². The SMILES string of the molecule is CCn1ncn(-c2ccccc2)c1=O. The average molecular weight is 189 g/mol. The molecule has 0 unspecified atom stereocenters. The zero-order valence-corrected chi connectivity index (χ0v) is 7.92. The maximum Gasteiger partial charge on any atom is 0.350 e. The van der Waals surface area contributed by atoms with E-state index in [9.17, 15) is 4.79 Å². The highest BCUT2D eigenvalue weighted by Crippen LogP contribution is 2.01. The van der Waals surface area contributed by atoms with Gasteiger partial charge >= 0.3 is 5.69 Å². The van der Waals surface area contributed by atoms with Crippen LogP contribution < -0.4 is 5.69 Å². The number of aryl methyl sites for hydroxylation is 1. The minimum atomic E-state index is -0.0984. The van der Waals surface area contributed by atoms with Crippen molar-refractivity contribution in [2.75, 3.05) is 0 Å². The second-order valence-corrected chi connectivity index (χ2v) is 2.93. The quantitative estimate of drug-likeness (QED) is 0.708. The van der Waals surface area contributed by atoms with E-state index in [-0.39, 0.29) is 5.69 Å². The fourth-order valence-corrected chi connectivity index (χ4v) is 1.32. The second-order valence-electron chi connectivity index (χ2n) is 2.93. The van der Waals surface area contributed by atoms with Gasteiger partial charge in [-0.15, -0.1) is 0 Å². The number of nitrogens with zero attached hydrogens (tertiary/aromatic N) is 3. The zero-order valence-electron chi connectivity index (χ0n) is 7.92. The molecule has 4 nitrogen and oxygen atoms in total. The van der Waals surface area contributed by atoms with Crippen LogP contribution >= 0.6 is 0 Å². The van der Waals surface area contributed by atoms with Crippen molar-refractivity contribution in [1.82, 2.24) is 14.3 Å². The van der Waals surface area contributed by atoms with Crippen LogP contribution in [0.1, 0.15) is 6.92 Å². The fourth-order valence-electron chi connectivity index (χ4n) is 1.32. The number of aromatic nitrogens is 3. The number of hydrogen-bond donors (Lipinski definition) is 0. The van der Waals surface area contributed by atoms with E-state index in [0.717, 1.165) is 5.69 Å². The van der Waals surface area contributed by atoms with Gasteiger partial charge in [0.2, 0.25) is 0 Å². The van der Waals surface area contributed by atoms with Gasteiger partial charge in [0.15, 0.2) is 0 Å². The van der Waals surface area contributed by atoms with Crippen molar-refractivity contribution < 1.29 is 0 Å². The first-order valence-corrected chi connectivity index (χ1v) is 4.53. The molecule has 0 atom stereocenters. The molecule has 14 heavy (non-hydrogen) atoms. The summed E-state index contributed by atoms with van der Waals surface area (Å²) in [5.41, 5.74) is 0.746. The third-order valence-electron chi connectivity index (χ3n) is 2.07. The Morgan fingerprint density at radius 2 is 2.00 bits per heavy atom. The van der Waals surface area contributed by atoms with E-state index >= 15 is 0 Å². The number of rotatable bonds is 2. The molecule has 0 aliphatic rings. The molecule has 72 valence electrons. The summed E-state index contributed by atoms with van der Waals surface area (Å²) >= 11 is 0. The first-order valence-electron chi connectivity index (χ1n) is 4.53. The summed E-state index contributed by atoms with van der Waals surface area (Å²) in [5, 5.41) is 3.98. The van der Waals surface area contributed by atoms with E-state index in [4.69, 9.17) is 0 Å². The van der Waals surface area contributed by atoms with Crippen molar-refractivity contribution in [2.45, 2.75) is 13.5 Å². The Balaban J connectivity index is 2.53. The Bertz CT molecular complexity index is 470. The summed E-state index contributed by atoms with van der Waals surface area (Å²) in [4.78, 5) is 11.7. The number of para-hydroxylation sites is 1. The van der Waals surface area contributed by atoms with Gasteiger partial charge in [-0.3, -0.25) is 0 Å². The topological polar surface area (TPSA) is 39.8 Å². The molecule has 2 aromatic rings. The molecule has 1 heterocycles. The monoisotopic (exact) mass is 189 g/mol. The van der Waals surface area contributed by atoms with Crippen molar-refractivity contribution in [3.8, 4) is 5.69 Å². The molecule has 1 aromatic carbocycles. The standard InChI is InChI=1S/C10H11N3O/c1-2-13-10(14)12(8-11-13)9-6-4-3-5-7-9/h3-8H,2H2,1H3. The van der Waals surface area contributed by atoms with Gasteiger partial charge < -0.3 is 0 Å².